The van der Waals surface area contributed by atoms with Gasteiger partial charge in [-0.25, -0.2) is 14.4 Å². The Labute approximate surface area is 188 Å². The maximum atomic E-state index is 12.6. The molecule has 0 unspecified atom stereocenters. The molecular formula is C24H22N2O7. The van der Waals surface area contributed by atoms with Gasteiger partial charge in [-0.15, -0.1) is 0 Å². The highest BCUT2D eigenvalue weighted by molar-refractivity contribution is 5.90. The fourth-order valence-corrected chi connectivity index (χ4v) is 3.54. The molecule has 0 saturated carbocycles. The molecule has 1 fully saturated rings. The van der Waals surface area contributed by atoms with Crippen LogP contribution in [0.4, 0.5) is 0 Å². The normalized spacial score (nSPS) is 19.7. The zero-order chi connectivity index (χ0) is 23.4. The topological polar surface area (TPSA) is 117 Å². The molecule has 0 bridgehead atoms. The van der Waals surface area contributed by atoms with Crippen LogP contribution < -0.4 is 11.2 Å². The molecule has 3 aromatic rings. The van der Waals surface area contributed by atoms with Crippen LogP contribution in [0.25, 0.3) is 0 Å². The second kappa shape index (κ2) is 9.66. The van der Waals surface area contributed by atoms with Crippen molar-refractivity contribution in [1.29, 1.82) is 0 Å². The van der Waals surface area contributed by atoms with Crippen LogP contribution in [0, 0.1) is 6.92 Å². The highest BCUT2D eigenvalue weighted by atomic mass is 16.6. The number of nitrogens with zero attached hydrogens (tertiary/aromatic N) is 1. The van der Waals surface area contributed by atoms with Crippen molar-refractivity contribution < 1.29 is 23.8 Å². The molecule has 2 heterocycles. The molecule has 2 aromatic carbocycles. The van der Waals surface area contributed by atoms with E-state index >= 15 is 0 Å². The van der Waals surface area contributed by atoms with Gasteiger partial charge in [-0.1, -0.05) is 36.4 Å². The van der Waals surface area contributed by atoms with Gasteiger partial charge in [0, 0.05) is 18.2 Å². The summed E-state index contributed by atoms with van der Waals surface area (Å²) < 4.78 is 18.2. The van der Waals surface area contributed by atoms with Crippen molar-refractivity contribution in [3.05, 3.63) is 104 Å². The van der Waals surface area contributed by atoms with E-state index in [0.29, 0.717) is 16.7 Å². The van der Waals surface area contributed by atoms with Crippen molar-refractivity contribution in [1.82, 2.24) is 9.55 Å². The third-order valence-electron chi connectivity index (χ3n) is 5.29. The van der Waals surface area contributed by atoms with E-state index in [-0.39, 0.29) is 13.0 Å². The molecule has 0 spiro atoms. The first kappa shape index (κ1) is 22.2. The minimum atomic E-state index is -0.818. The van der Waals surface area contributed by atoms with Crippen LogP contribution in [0.1, 0.15) is 38.9 Å². The van der Waals surface area contributed by atoms with Crippen LogP contribution in [0.2, 0.25) is 0 Å². The summed E-state index contributed by atoms with van der Waals surface area (Å²) in [6.45, 7) is 1.38. The van der Waals surface area contributed by atoms with Crippen LogP contribution in [-0.2, 0) is 14.2 Å². The van der Waals surface area contributed by atoms with Crippen molar-refractivity contribution in [3.8, 4) is 0 Å². The van der Waals surface area contributed by atoms with E-state index in [1.165, 1.54) is 10.8 Å². The van der Waals surface area contributed by atoms with Gasteiger partial charge in [-0.3, -0.25) is 14.3 Å². The first-order valence-corrected chi connectivity index (χ1v) is 10.4. The van der Waals surface area contributed by atoms with Gasteiger partial charge in [0.1, 0.15) is 25.0 Å². The number of carbonyl (C=O) groups is 2. The third kappa shape index (κ3) is 5.09. The second-order valence-electron chi connectivity index (χ2n) is 7.62. The van der Waals surface area contributed by atoms with Crippen LogP contribution >= 0.6 is 0 Å². The molecule has 9 heteroatoms. The zero-order valence-corrected chi connectivity index (χ0v) is 17.8. The lowest BCUT2D eigenvalue weighted by molar-refractivity contribution is -0.0582. The number of H-pyrrole nitrogens is 1. The predicted octanol–water partition coefficient (Wildman–Crippen LogP) is 2.22. The number of hydrogen-bond donors (Lipinski definition) is 1. The summed E-state index contributed by atoms with van der Waals surface area (Å²) in [5, 5.41) is 0. The Morgan fingerprint density at radius 3 is 2.24 bits per heavy atom. The number of carbonyl (C=O) groups excluding carboxylic acids is 2. The fourth-order valence-electron chi connectivity index (χ4n) is 3.54. The molecule has 0 amide bonds. The Bertz CT molecular complexity index is 1250. The van der Waals surface area contributed by atoms with E-state index in [9.17, 15) is 19.2 Å². The molecule has 4 rings (SSSR count). The molecule has 170 valence electrons. The number of hydrogen-bond acceptors (Lipinski definition) is 7. The van der Waals surface area contributed by atoms with Crippen molar-refractivity contribution in [2.45, 2.75) is 31.8 Å². The highest BCUT2D eigenvalue weighted by Gasteiger charge is 2.40. The lowest BCUT2D eigenvalue weighted by atomic mass is 10.1. The average molecular weight is 450 g/mol. The van der Waals surface area contributed by atoms with Gasteiger partial charge >= 0.3 is 17.6 Å². The van der Waals surface area contributed by atoms with Crippen molar-refractivity contribution in [3.63, 3.8) is 0 Å². The number of aromatic amines is 1. The van der Waals surface area contributed by atoms with Gasteiger partial charge in [-0.2, -0.15) is 0 Å². The van der Waals surface area contributed by atoms with Crippen molar-refractivity contribution in [2.24, 2.45) is 0 Å². The fraction of sp³-hybridized carbons (Fsp3) is 0.250. The number of ether oxygens (including phenoxy) is 3. The molecule has 3 atom stereocenters. The zero-order valence-electron chi connectivity index (χ0n) is 17.8. The monoisotopic (exact) mass is 450 g/mol. The van der Waals surface area contributed by atoms with Crippen molar-refractivity contribution in [2.75, 3.05) is 6.61 Å². The van der Waals surface area contributed by atoms with Crippen LogP contribution in [0.5, 0.6) is 0 Å². The number of rotatable bonds is 6. The summed E-state index contributed by atoms with van der Waals surface area (Å²) in [4.78, 5) is 51.2. The lowest BCUT2D eigenvalue weighted by Gasteiger charge is -2.19. The molecule has 1 saturated heterocycles. The third-order valence-corrected chi connectivity index (χ3v) is 5.29. The number of aromatic nitrogens is 2. The Morgan fingerprint density at radius 1 is 1.00 bits per heavy atom. The molecule has 1 N–H and O–H groups in total. The number of nitrogens with one attached hydrogen (secondary N) is 1. The standard InChI is InChI=1S/C24H22N2O7/c1-15-13-26(24(30)25-21(15)27)20-12-18(33-23(29)17-10-6-3-7-11-17)19(32-20)14-31-22(28)16-8-4-2-5-9-16/h2-11,13,18-20H,12,14H2,1H3,(H,25,27,30)/t18-,19-,20+/m0/s1. The number of aryl methyl sites for hydroxylation is 1. The maximum absolute atomic E-state index is 12.6. The molecule has 9 nitrogen and oxygen atoms in total. The lowest BCUT2D eigenvalue weighted by Crippen LogP contribution is -2.33. The molecule has 1 aliphatic rings. The molecule has 1 aliphatic heterocycles. The summed E-state index contributed by atoms with van der Waals surface area (Å²) in [5.41, 5.74) is -0.0781. The van der Waals surface area contributed by atoms with E-state index < -0.39 is 41.6 Å². The molecule has 0 aliphatic carbocycles. The molecule has 33 heavy (non-hydrogen) atoms. The van der Waals surface area contributed by atoms with E-state index in [0.717, 1.165) is 0 Å². The second-order valence-corrected chi connectivity index (χ2v) is 7.62. The Kier molecular flexibility index (Phi) is 6.50. The quantitative estimate of drug-likeness (QED) is 0.572. The summed E-state index contributed by atoms with van der Waals surface area (Å²) >= 11 is 0. The van der Waals surface area contributed by atoms with Gasteiger partial charge in [0.15, 0.2) is 0 Å². The van der Waals surface area contributed by atoms with Gasteiger partial charge in [0.25, 0.3) is 5.56 Å². The Morgan fingerprint density at radius 2 is 1.61 bits per heavy atom. The minimum Gasteiger partial charge on any atom is -0.459 e. The summed E-state index contributed by atoms with van der Waals surface area (Å²) in [6.07, 6.45) is -0.889. The van der Waals surface area contributed by atoms with Gasteiger partial charge in [-0.05, 0) is 31.2 Å². The molecule has 1 aromatic heterocycles. The Balaban J connectivity index is 1.53. The van der Waals surface area contributed by atoms with E-state index in [1.807, 2.05) is 0 Å². The van der Waals surface area contributed by atoms with Gasteiger partial charge in [0.05, 0.1) is 11.1 Å². The van der Waals surface area contributed by atoms with Crippen molar-refractivity contribution >= 4 is 11.9 Å². The minimum absolute atomic E-state index is 0.136. The largest absolute Gasteiger partial charge is 0.459 e. The predicted molar refractivity (Wildman–Crippen MR) is 117 cm³/mol. The number of esters is 2. The SMILES string of the molecule is Cc1cn([C@H]2C[C@H](OC(=O)c3ccccc3)[C@H](COC(=O)c3ccccc3)O2)c(=O)[nH]c1=O. The maximum Gasteiger partial charge on any atom is 0.338 e. The van der Waals surface area contributed by atoms with Crippen LogP contribution in [0.15, 0.2) is 76.4 Å². The first-order chi connectivity index (χ1) is 15.9. The van der Waals surface area contributed by atoms with E-state index in [4.69, 9.17) is 14.2 Å². The van der Waals surface area contributed by atoms with Crippen LogP contribution in [0.3, 0.4) is 0 Å². The molecule has 0 radical (unpaired) electrons. The highest BCUT2D eigenvalue weighted by Crippen LogP contribution is 2.31. The summed E-state index contributed by atoms with van der Waals surface area (Å²) in [6, 6.07) is 16.9. The first-order valence-electron chi connectivity index (χ1n) is 10.4. The molecular weight excluding hydrogens is 428 g/mol. The summed E-state index contributed by atoms with van der Waals surface area (Å²) in [7, 11) is 0. The van der Waals surface area contributed by atoms with E-state index in [2.05, 4.69) is 4.98 Å². The van der Waals surface area contributed by atoms with Gasteiger partial charge in [0.2, 0.25) is 0 Å². The number of benzene rings is 2. The summed E-state index contributed by atoms with van der Waals surface area (Å²) in [5.74, 6) is -1.11. The smallest absolute Gasteiger partial charge is 0.338 e. The van der Waals surface area contributed by atoms with Crippen LogP contribution in [-0.4, -0.2) is 40.3 Å². The Hall–Kier alpha value is -3.98. The van der Waals surface area contributed by atoms with E-state index in [1.54, 1.807) is 67.6 Å². The average Bonchev–Trinajstić information content (AvgIpc) is 3.23. The van der Waals surface area contributed by atoms with Gasteiger partial charge < -0.3 is 14.2 Å².